The van der Waals surface area contributed by atoms with E-state index >= 15 is 0 Å². The molecule has 0 aliphatic carbocycles. The number of benzene rings is 1. The number of aromatic hydroxyl groups is 1. The molecule has 2 heterocycles. The van der Waals surface area contributed by atoms with Crippen LogP contribution in [0.25, 0.3) is 0 Å². The van der Waals surface area contributed by atoms with E-state index in [2.05, 4.69) is 19.8 Å². The summed E-state index contributed by atoms with van der Waals surface area (Å²) in [6.07, 6.45) is 2.61. The molecule has 1 aliphatic heterocycles. The van der Waals surface area contributed by atoms with Crippen molar-refractivity contribution >= 4 is 46.4 Å². The molecule has 1 aromatic carbocycles. The van der Waals surface area contributed by atoms with Gasteiger partial charge >= 0.3 is 0 Å². The van der Waals surface area contributed by atoms with Gasteiger partial charge in [-0.2, -0.15) is 0 Å². The van der Waals surface area contributed by atoms with Crippen molar-refractivity contribution in [1.82, 2.24) is 9.88 Å². The van der Waals surface area contributed by atoms with Crippen LogP contribution in [0.4, 0.5) is 5.13 Å². The molecule has 0 unspecified atom stereocenters. The van der Waals surface area contributed by atoms with Crippen LogP contribution in [0.2, 0.25) is 0 Å². The van der Waals surface area contributed by atoms with Gasteiger partial charge in [-0.05, 0) is 24.1 Å². The van der Waals surface area contributed by atoms with Crippen molar-refractivity contribution < 1.29 is 5.11 Å². The fourth-order valence-corrected chi connectivity index (χ4v) is 3.31. The number of nitrogens with zero attached hydrogens (tertiary/aromatic N) is 4. The van der Waals surface area contributed by atoms with Gasteiger partial charge in [0.25, 0.3) is 0 Å². The van der Waals surface area contributed by atoms with Crippen LogP contribution in [-0.4, -0.2) is 53.7 Å². The minimum absolute atomic E-state index is 0. The molecule has 0 bridgehead atoms. The first-order chi connectivity index (χ1) is 11.2. The molecule has 1 aliphatic rings. The zero-order valence-corrected chi connectivity index (χ0v) is 16.5. The Hall–Kier alpha value is -1.55. The largest absolute Gasteiger partial charge is 0.508 e. The Kier molecular flexibility index (Phi) is 7.10. The molecule has 8 heteroatoms. The van der Waals surface area contributed by atoms with Gasteiger partial charge in [-0.1, -0.05) is 12.1 Å². The number of piperazine rings is 1. The van der Waals surface area contributed by atoms with E-state index in [4.69, 9.17) is 5.73 Å². The van der Waals surface area contributed by atoms with Gasteiger partial charge in [-0.15, -0.1) is 35.3 Å². The number of nitrogens with two attached hydrogens (primary N) is 1. The standard InChI is InChI=1S/C16H21N5OS.HI/c17-15(18-5-4-13-2-1-3-14(22)12-13)20-7-9-21(10-8-20)16-19-6-11-23-16;/h1-3,6,11-12,22H,4-5,7-10H2,(H2,17,18);1H. The number of anilines is 1. The van der Waals surface area contributed by atoms with Crippen LogP contribution in [0.3, 0.4) is 0 Å². The highest BCUT2D eigenvalue weighted by Gasteiger charge is 2.19. The smallest absolute Gasteiger partial charge is 0.191 e. The predicted molar refractivity (Wildman–Crippen MR) is 110 cm³/mol. The number of rotatable bonds is 4. The van der Waals surface area contributed by atoms with Crippen molar-refractivity contribution in [2.75, 3.05) is 37.6 Å². The van der Waals surface area contributed by atoms with Crippen molar-refractivity contribution in [3.63, 3.8) is 0 Å². The van der Waals surface area contributed by atoms with Crippen LogP contribution in [0, 0.1) is 0 Å². The Labute approximate surface area is 163 Å². The summed E-state index contributed by atoms with van der Waals surface area (Å²) in [6.45, 7) is 4.18. The Balaban J connectivity index is 0.00000208. The van der Waals surface area contributed by atoms with E-state index in [-0.39, 0.29) is 29.7 Å². The molecule has 6 nitrogen and oxygen atoms in total. The third-order valence-corrected chi connectivity index (χ3v) is 4.71. The molecule has 2 aromatic rings. The van der Waals surface area contributed by atoms with Crippen LogP contribution in [0.1, 0.15) is 5.56 Å². The molecule has 0 spiro atoms. The summed E-state index contributed by atoms with van der Waals surface area (Å²) < 4.78 is 0. The Morgan fingerprint density at radius 2 is 2.08 bits per heavy atom. The zero-order chi connectivity index (χ0) is 16.1. The lowest BCUT2D eigenvalue weighted by molar-refractivity contribution is 0.380. The minimum atomic E-state index is 0. The van der Waals surface area contributed by atoms with Crippen molar-refractivity contribution in [2.45, 2.75) is 6.42 Å². The molecule has 0 atom stereocenters. The molecule has 24 heavy (non-hydrogen) atoms. The average molecular weight is 459 g/mol. The molecular weight excluding hydrogens is 437 g/mol. The van der Waals surface area contributed by atoms with Gasteiger partial charge in [0, 0.05) is 44.3 Å². The highest BCUT2D eigenvalue weighted by Crippen LogP contribution is 2.18. The molecule has 3 rings (SSSR count). The molecular formula is C16H22IN5OS. The van der Waals surface area contributed by atoms with Crippen molar-refractivity contribution in [3.05, 3.63) is 41.4 Å². The third kappa shape index (κ3) is 4.97. The summed E-state index contributed by atoms with van der Waals surface area (Å²) in [5.74, 6) is 0.890. The molecule has 1 fully saturated rings. The molecule has 0 saturated carbocycles. The van der Waals surface area contributed by atoms with Crippen LogP contribution in [0.5, 0.6) is 5.75 Å². The summed E-state index contributed by atoms with van der Waals surface area (Å²) in [5, 5.41) is 12.5. The number of aromatic nitrogens is 1. The van der Waals surface area contributed by atoms with E-state index < -0.39 is 0 Å². The molecule has 1 aromatic heterocycles. The number of halogens is 1. The number of phenols is 1. The van der Waals surface area contributed by atoms with E-state index in [0.29, 0.717) is 12.5 Å². The number of thiazole rings is 1. The van der Waals surface area contributed by atoms with Gasteiger partial charge in [-0.3, -0.25) is 4.99 Å². The molecule has 0 amide bonds. The Morgan fingerprint density at radius 3 is 2.75 bits per heavy atom. The first-order valence-electron chi connectivity index (χ1n) is 7.69. The Bertz CT molecular complexity index is 656. The van der Waals surface area contributed by atoms with Gasteiger partial charge in [-0.25, -0.2) is 4.98 Å². The minimum Gasteiger partial charge on any atom is -0.508 e. The van der Waals surface area contributed by atoms with Crippen LogP contribution in [0.15, 0.2) is 40.8 Å². The van der Waals surface area contributed by atoms with Crippen molar-refractivity contribution in [1.29, 1.82) is 0 Å². The SMILES string of the molecule is I.NC(=NCCc1cccc(O)c1)N1CCN(c2nccs2)CC1. The number of aliphatic imine (C=N–C) groups is 1. The van der Waals surface area contributed by atoms with E-state index in [1.54, 1.807) is 23.5 Å². The first kappa shape index (κ1) is 18.8. The van der Waals surface area contributed by atoms with Gasteiger partial charge in [0.1, 0.15) is 5.75 Å². The van der Waals surface area contributed by atoms with Crippen molar-refractivity contribution in [2.24, 2.45) is 10.7 Å². The van der Waals surface area contributed by atoms with Crippen LogP contribution >= 0.6 is 35.3 Å². The van der Waals surface area contributed by atoms with Gasteiger partial charge in [0.05, 0.1) is 0 Å². The number of hydrogen-bond donors (Lipinski definition) is 2. The van der Waals surface area contributed by atoms with Gasteiger partial charge in [0.2, 0.25) is 0 Å². The van der Waals surface area contributed by atoms with Crippen molar-refractivity contribution in [3.8, 4) is 5.75 Å². The molecule has 0 radical (unpaired) electrons. The second-order valence-corrected chi connectivity index (χ2v) is 6.32. The summed E-state index contributed by atoms with van der Waals surface area (Å²) in [6, 6.07) is 7.26. The summed E-state index contributed by atoms with van der Waals surface area (Å²) in [4.78, 5) is 13.2. The summed E-state index contributed by atoms with van der Waals surface area (Å²) in [5.41, 5.74) is 7.17. The summed E-state index contributed by atoms with van der Waals surface area (Å²) >= 11 is 1.67. The average Bonchev–Trinajstić information content (AvgIpc) is 3.09. The van der Waals surface area contributed by atoms with E-state index in [0.717, 1.165) is 43.3 Å². The normalized spacial score (nSPS) is 15.2. The van der Waals surface area contributed by atoms with E-state index in [1.165, 1.54) is 0 Å². The highest BCUT2D eigenvalue weighted by atomic mass is 127. The lowest BCUT2D eigenvalue weighted by atomic mass is 10.1. The second-order valence-electron chi connectivity index (χ2n) is 5.45. The fourth-order valence-electron chi connectivity index (χ4n) is 2.61. The Morgan fingerprint density at radius 1 is 1.29 bits per heavy atom. The zero-order valence-electron chi connectivity index (χ0n) is 13.3. The lowest BCUT2D eigenvalue weighted by Crippen LogP contribution is -2.51. The second kappa shape index (κ2) is 9.07. The number of guanidine groups is 1. The lowest BCUT2D eigenvalue weighted by Gasteiger charge is -2.35. The number of phenolic OH excluding ortho intramolecular Hbond substituents is 1. The highest BCUT2D eigenvalue weighted by molar-refractivity contribution is 14.0. The maximum absolute atomic E-state index is 9.45. The van der Waals surface area contributed by atoms with Crippen LogP contribution < -0.4 is 10.6 Å². The third-order valence-electron chi connectivity index (χ3n) is 3.88. The first-order valence-corrected chi connectivity index (χ1v) is 8.57. The molecule has 1 saturated heterocycles. The maximum atomic E-state index is 9.45. The summed E-state index contributed by atoms with van der Waals surface area (Å²) in [7, 11) is 0. The fraction of sp³-hybridized carbons (Fsp3) is 0.375. The van der Waals surface area contributed by atoms with E-state index in [1.807, 2.05) is 23.7 Å². The van der Waals surface area contributed by atoms with Gasteiger partial charge in [0.15, 0.2) is 11.1 Å². The van der Waals surface area contributed by atoms with Gasteiger partial charge < -0.3 is 20.6 Å². The van der Waals surface area contributed by atoms with E-state index in [9.17, 15) is 5.11 Å². The molecule has 130 valence electrons. The monoisotopic (exact) mass is 459 g/mol. The molecule has 3 N–H and O–H groups in total. The predicted octanol–water partition coefficient (Wildman–Crippen LogP) is 2.15. The maximum Gasteiger partial charge on any atom is 0.191 e. The topological polar surface area (TPSA) is 78.0 Å². The van der Waals surface area contributed by atoms with Crippen LogP contribution in [-0.2, 0) is 6.42 Å². The quantitative estimate of drug-likeness (QED) is 0.416. The number of hydrogen-bond acceptors (Lipinski definition) is 5.